The standard InChI is InChI=1S/C19H27N7O/c1-11(2)9-26-10-12(7-22-26)17-16-15(8-21-18(16)27)24-19(25-17)23-14-6-4-3-5-13(14)20/h7,10-11,13-14H,3-6,8-9,20H2,1-2H3,(H,21,27)(H,23,24,25). The number of hydrogen-bond acceptors (Lipinski definition) is 6. The molecular weight excluding hydrogens is 342 g/mol. The van der Waals surface area contributed by atoms with Crippen LogP contribution in [0, 0.1) is 5.92 Å². The average molecular weight is 369 g/mol. The quantitative estimate of drug-likeness (QED) is 0.743. The number of carbonyl (C=O) groups is 1. The van der Waals surface area contributed by atoms with Gasteiger partial charge in [0.25, 0.3) is 5.91 Å². The maximum atomic E-state index is 12.3. The van der Waals surface area contributed by atoms with Crippen LogP contribution in [0.2, 0.25) is 0 Å². The van der Waals surface area contributed by atoms with Gasteiger partial charge in [-0.15, -0.1) is 0 Å². The van der Waals surface area contributed by atoms with E-state index in [9.17, 15) is 4.79 Å². The predicted octanol–water partition coefficient (Wildman–Crippen LogP) is 1.92. The maximum Gasteiger partial charge on any atom is 0.255 e. The molecule has 8 heteroatoms. The van der Waals surface area contributed by atoms with E-state index in [1.165, 1.54) is 6.42 Å². The lowest BCUT2D eigenvalue weighted by Crippen LogP contribution is -2.43. The number of anilines is 1. The van der Waals surface area contributed by atoms with E-state index in [-0.39, 0.29) is 18.0 Å². The first-order valence-electron chi connectivity index (χ1n) is 9.75. The van der Waals surface area contributed by atoms with Crippen LogP contribution in [0.1, 0.15) is 55.6 Å². The molecule has 1 amide bonds. The van der Waals surface area contributed by atoms with E-state index in [0.29, 0.717) is 29.7 Å². The van der Waals surface area contributed by atoms with Gasteiger partial charge in [0.1, 0.15) is 0 Å². The molecule has 1 aliphatic heterocycles. The molecule has 0 spiro atoms. The zero-order chi connectivity index (χ0) is 19.0. The second-order valence-corrected chi connectivity index (χ2v) is 7.94. The van der Waals surface area contributed by atoms with Gasteiger partial charge in [0.15, 0.2) is 0 Å². The van der Waals surface area contributed by atoms with Crippen LogP contribution in [0.25, 0.3) is 11.3 Å². The van der Waals surface area contributed by atoms with Crippen molar-refractivity contribution in [1.82, 2.24) is 25.1 Å². The molecule has 144 valence electrons. The van der Waals surface area contributed by atoms with Crippen molar-refractivity contribution in [1.29, 1.82) is 0 Å². The molecular formula is C19H27N7O. The van der Waals surface area contributed by atoms with E-state index < -0.39 is 0 Å². The minimum atomic E-state index is -0.127. The molecule has 0 saturated heterocycles. The van der Waals surface area contributed by atoms with E-state index in [4.69, 9.17) is 10.7 Å². The highest BCUT2D eigenvalue weighted by molar-refractivity contribution is 6.03. The lowest BCUT2D eigenvalue weighted by molar-refractivity contribution is 0.0966. The Morgan fingerprint density at radius 3 is 2.93 bits per heavy atom. The van der Waals surface area contributed by atoms with E-state index in [2.05, 4.69) is 34.6 Å². The van der Waals surface area contributed by atoms with Gasteiger partial charge >= 0.3 is 0 Å². The number of aromatic nitrogens is 4. The van der Waals surface area contributed by atoms with Crippen LogP contribution in [0.5, 0.6) is 0 Å². The number of nitrogens with two attached hydrogens (primary N) is 1. The summed E-state index contributed by atoms with van der Waals surface area (Å²) in [7, 11) is 0. The number of amides is 1. The summed E-state index contributed by atoms with van der Waals surface area (Å²) in [6.07, 6.45) is 8.07. The molecule has 2 aromatic heterocycles. The fourth-order valence-corrected chi connectivity index (χ4v) is 3.86. The van der Waals surface area contributed by atoms with Gasteiger partial charge < -0.3 is 16.4 Å². The SMILES string of the molecule is CC(C)Cn1cc(-c2nc(NC3CCCCC3N)nc3c2C(=O)NC3)cn1. The summed E-state index contributed by atoms with van der Waals surface area (Å²) in [5.74, 6) is 0.902. The highest BCUT2D eigenvalue weighted by Crippen LogP contribution is 2.29. The number of nitrogens with one attached hydrogen (secondary N) is 2. The van der Waals surface area contributed by atoms with Gasteiger partial charge in [0, 0.05) is 30.4 Å². The average Bonchev–Trinajstić information content (AvgIpc) is 3.23. The highest BCUT2D eigenvalue weighted by Gasteiger charge is 2.29. The third-order valence-corrected chi connectivity index (χ3v) is 5.22. The molecule has 4 N–H and O–H groups in total. The van der Waals surface area contributed by atoms with Crippen molar-refractivity contribution < 1.29 is 4.79 Å². The minimum absolute atomic E-state index is 0.104. The first-order valence-corrected chi connectivity index (χ1v) is 9.75. The van der Waals surface area contributed by atoms with Crippen molar-refractivity contribution in [3.63, 3.8) is 0 Å². The van der Waals surface area contributed by atoms with Crippen LogP contribution < -0.4 is 16.4 Å². The van der Waals surface area contributed by atoms with E-state index in [0.717, 1.165) is 37.1 Å². The summed E-state index contributed by atoms with van der Waals surface area (Å²) >= 11 is 0. The molecule has 4 rings (SSSR count). The Labute approximate surface area is 159 Å². The summed E-state index contributed by atoms with van der Waals surface area (Å²) in [5, 5.41) is 10.7. The van der Waals surface area contributed by atoms with Crippen LogP contribution in [-0.2, 0) is 13.1 Å². The molecule has 3 heterocycles. The predicted molar refractivity (Wildman–Crippen MR) is 103 cm³/mol. The first kappa shape index (κ1) is 17.9. The zero-order valence-corrected chi connectivity index (χ0v) is 15.9. The number of carbonyl (C=O) groups excluding carboxylic acids is 1. The van der Waals surface area contributed by atoms with Crippen molar-refractivity contribution >= 4 is 11.9 Å². The van der Waals surface area contributed by atoms with Crippen molar-refractivity contribution in [3.05, 3.63) is 23.7 Å². The Morgan fingerprint density at radius 1 is 1.33 bits per heavy atom. The third kappa shape index (κ3) is 3.66. The molecule has 2 unspecified atom stereocenters. The summed E-state index contributed by atoms with van der Waals surface area (Å²) in [4.78, 5) is 21.6. The molecule has 1 saturated carbocycles. The largest absolute Gasteiger partial charge is 0.350 e. The molecule has 8 nitrogen and oxygen atoms in total. The molecule has 1 fully saturated rings. The van der Waals surface area contributed by atoms with Crippen LogP contribution in [0.15, 0.2) is 12.4 Å². The van der Waals surface area contributed by atoms with Gasteiger partial charge in [-0.05, 0) is 18.8 Å². The van der Waals surface area contributed by atoms with Gasteiger partial charge in [0.05, 0.1) is 29.7 Å². The van der Waals surface area contributed by atoms with Gasteiger partial charge in [-0.2, -0.15) is 5.10 Å². The molecule has 2 aromatic rings. The molecule has 2 atom stereocenters. The Kier molecular flexibility index (Phi) is 4.82. The van der Waals surface area contributed by atoms with Crippen molar-refractivity contribution in [2.75, 3.05) is 5.32 Å². The van der Waals surface area contributed by atoms with Crippen LogP contribution >= 0.6 is 0 Å². The number of fused-ring (bicyclic) bond motifs is 1. The zero-order valence-electron chi connectivity index (χ0n) is 15.9. The lowest BCUT2D eigenvalue weighted by atomic mass is 9.91. The Hall–Kier alpha value is -2.48. The van der Waals surface area contributed by atoms with Crippen LogP contribution in [-0.4, -0.2) is 37.7 Å². The van der Waals surface area contributed by atoms with Gasteiger partial charge in [-0.1, -0.05) is 26.7 Å². The molecule has 2 aliphatic rings. The summed E-state index contributed by atoms with van der Waals surface area (Å²) in [5.41, 5.74) is 9.02. The topological polar surface area (TPSA) is 111 Å². The summed E-state index contributed by atoms with van der Waals surface area (Å²) in [6, 6.07) is 0.269. The molecule has 0 radical (unpaired) electrons. The smallest absolute Gasteiger partial charge is 0.255 e. The van der Waals surface area contributed by atoms with E-state index >= 15 is 0 Å². The van der Waals surface area contributed by atoms with Crippen LogP contribution in [0.3, 0.4) is 0 Å². The molecule has 27 heavy (non-hydrogen) atoms. The van der Waals surface area contributed by atoms with Gasteiger partial charge in [0.2, 0.25) is 5.95 Å². The minimum Gasteiger partial charge on any atom is -0.350 e. The van der Waals surface area contributed by atoms with E-state index in [1.807, 2.05) is 10.9 Å². The second kappa shape index (κ2) is 7.26. The molecule has 1 aliphatic carbocycles. The molecule has 0 aromatic carbocycles. The second-order valence-electron chi connectivity index (χ2n) is 7.94. The fraction of sp³-hybridized carbons (Fsp3) is 0.579. The highest BCUT2D eigenvalue weighted by atomic mass is 16.1. The normalized spacial score (nSPS) is 22.0. The molecule has 0 bridgehead atoms. The first-order chi connectivity index (χ1) is 13.0. The number of hydrogen-bond donors (Lipinski definition) is 3. The number of nitrogens with zero attached hydrogens (tertiary/aromatic N) is 4. The number of rotatable bonds is 5. The van der Waals surface area contributed by atoms with Crippen molar-refractivity contribution in [3.8, 4) is 11.3 Å². The fourth-order valence-electron chi connectivity index (χ4n) is 3.86. The van der Waals surface area contributed by atoms with Gasteiger partial charge in [-0.3, -0.25) is 9.48 Å². The van der Waals surface area contributed by atoms with Crippen LogP contribution in [0.4, 0.5) is 5.95 Å². The Morgan fingerprint density at radius 2 is 2.15 bits per heavy atom. The lowest BCUT2D eigenvalue weighted by Gasteiger charge is -2.29. The maximum absolute atomic E-state index is 12.3. The monoisotopic (exact) mass is 369 g/mol. The van der Waals surface area contributed by atoms with Crippen molar-refractivity contribution in [2.24, 2.45) is 11.7 Å². The third-order valence-electron chi connectivity index (χ3n) is 5.22. The van der Waals surface area contributed by atoms with E-state index in [1.54, 1.807) is 6.20 Å². The Bertz CT molecular complexity index is 845. The summed E-state index contributed by atoms with van der Waals surface area (Å²) in [6.45, 7) is 5.54. The van der Waals surface area contributed by atoms with Gasteiger partial charge in [-0.25, -0.2) is 9.97 Å². The Balaban J connectivity index is 1.68. The van der Waals surface area contributed by atoms with Crippen molar-refractivity contribution in [2.45, 2.75) is 64.7 Å². The summed E-state index contributed by atoms with van der Waals surface area (Å²) < 4.78 is 1.89.